The van der Waals surface area contributed by atoms with Gasteiger partial charge >= 0.3 is 12.1 Å². The van der Waals surface area contributed by atoms with E-state index in [9.17, 15) is 18.0 Å². The van der Waals surface area contributed by atoms with Gasteiger partial charge < -0.3 is 0 Å². The molecule has 0 aromatic rings. The van der Waals surface area contributed by atoms with Gasteiger partial charge in [-0.25, -0.2) is 5.06 Å². The summed E-state index contributed by atoms with van der Waals surface area (Å²) in [5.41, 5.74) is 0.259. The lowest BCUT2D eigenvalue weighted by Crippen LogP contribution is -2.39. The molecule has 6 heteroatoms. The lowest BCUT2D eigenvalue weighted by molar-refractivity contribution is -0.214. The fourth-order valence-corrected chi connectivity index (χ4v) is 0.474. The van der Waals surface area contributed by atoms with Gasteiger partial charge in [0, 0.05) is 0 Å². The van der Waals surface area contributed by atoms with Crippen molar-refractivity contribution >= 4 is 5.91 Å². The molecule has 0 bridgehead atoms. The van der Waals surface area contributed by atoms with Gasteiger partial charge in [0.15, 0.2) is 0 Å². The third-order valence-corrected chi connectivity index (χ3v) is 0.897. The van der Waals surface area contributed by atoms with E-state index in [0.29, 0.717) is 0 Å². The van der Waals surface area contributed by atoms with Crippen molar-refractivity contribution in [2.75, 3.05) is 6.54 Å². The second-order valence-corrected chi connectivity index (χ2v) is 2.32. The van der Waals surface area contributed by atoms with E-state index in [1.165, 1.54) is 6.92 Å². The molecule has 0 atom stereocenters. The molecule has 0 aromatic heterocycles. The lowest BCUT2D eigenvalue weighted by atomic mass is 10.3. The van der Waals surface area contributed by atoms with Gasteiger partial charge in [0.25, 0.3) is 0 Å². The number of hydroxylamine groups is 2. The number of alkyl halides is 3. The molecule has 0 heterocycles. The van der Waals surface area contributed by atoms with Crippen LogP contribution in [0.1, 0.15) is 6.92 Å². The predicted molar refractivity (Wildman–Crippen MR) is 34.4 cm³/mol. The van der Waals surface area contributed by atoms with Crippen molar-refractivity contribution in [3.05, 3.63) is 12.2 Å². The van der Waals surface area contributed by atoms with E-state index in [4.69, 9.17) is 5.21 Å². The minimum Gasteiger partial charge on any atom is -0.285 e. The number of amides is 1. The van der Waals surface area contributed by atoms with Crippen molar-refractivity contribution in [3.63, 3.8) is 0 Å². The fourth-order valence-electron chi connectivity index (χ4n) is 0.474. The first kappa shape index (κ1) is 11.0. The zero-order chi connectivity index (χ0) is 9.94. The van der Waals surface area contributed by atoms with Crippen LogP contribution in [0.4, 0.5) is 13.2 Å². The molecule has 0 fully saturated rings. The maximum atomic E-state index is 11.6. The monoisotopic (exact) mass is 183 g/mol. The van der Waals surface area contributed by atoms with Gasteiger partial charge in [-0.15, -0.1) is 0 Å². The Morgan fingerprint density at radius 1 is 1.58 bits per heavy atom. The van der Waals surface area contributed by atoms with Gasteiger partial charge in [-0.2, -0.15) is 13.2 Å². The number of rotatable bonds is 2. The molecule has 0 saturated heterocycles. The van der Waals surface area contributed by atoms with Crippen LogP contribution in [0.15, 0.2) is 12.2 Å². The van der Waals surface area contributed by atoms with Crippen LogP contribution < -0.4 is 0 Å². The summed E-state index contributed by atoms with van der Waals surface area (Å²) < 4.78 is 34.7. The maximum absolute atomic E-state index is 11.6. The predicted octanol–water partition coefficient (Wildman–Crippen LogP) is 1.34. The van der Waals surface area contributed by atoms with E-state index in [1.807, 2.05) is 0 Å². The van der Waals surface area contributed by atoms with E-state index < -0.39 is 23.7 Å². The third kappa shape index (κ3) is 3.38. The normalized spacial score (nSPS) is 11.1. The van der Waals surface area contributed by atoms with E-state index >= 15 is 0 Å². The first-order valence-electron chi connectivity index (χ1n) is 2.97. The fraction of sp³-hybridized carbons (Fsp3) is 0.500. The highest BCUT2D eigenvalue weighted by Gasteiger charge is 2.42. The summed E-state index contributed by atoms with van der Waals surface area (Å²) in [6.45, 7) is 4.12. The number of halogens is 3. The Labute approximate surface area is 67.0 Å². The maximum Gasteiger partial charge on any atom is 0.473 e. The molecule has 0 aromatic carbocycles. The topological polar surface area (TPSA) is 40.5 Å². The Kier molecular flexibility index (Phi) is 3.26. The van der Waals surface area contributed by atoms with Gasteiger partial charge in [-0.05, 0) is 6.92 Å². The molecular formula is C6H8F3NO2. The average molecular weight is 183 g/mol. The molecule has 0 radical (unpaired) electrons. The minimum absolute atomic E-state index is 0.259. The van der Waals surface area contributed by atoms with Crippen LogP contribution in [0.2, 0.25) is 0 Å². The summed E-state index contributed by atoms with van der Waals surface area (Å²) in [5, 5.41) is 8.11. The van der Waals surface area contributed by atoms with E-state index in [0.717, 1.165) is 0 Å². The molecule has 0 rings (SSSR count). The quantitative estimate of drug-likeness (QED) is 0.398. The average Bonchev–Trinajstić information content (AvgIpc) is 1.82. The molecule has 12 heavy (non-hydrogen) atoms. The van der Waals surface area contributed by atoms with Crippen LogP contribution in [0.3, 0.4) is 0 Å². The minimum atomic E-state index is -5.04. The molecule has 0 aliphatic heterocycles. The number of carbonyl (C=O) groups is 1. The number of hydrogen-bond donors (Lipinski definition) is 1. The largest absolute Gasteiger partial charge is 0.473 e. The molecule has 1 N–H and O–H groups in total. The Morgan fingerprint density at radius 2 is 2.00 bits per heavy atom. The Morgan fingerprint density at radius 3 is 2.25 bits per heavy atom. The van der Waals surface area contributed by atoms with Gasteiger partial charge in [0.05, 0.1) is 6.54 Å². The molecular weight excluding hydrogens is 175 g/mol. The molecule has 0 aliphatic carbocycles. The SMILES string of the molecule is C=C(C)CN(O)C(=O)C(F)(F)F. The lowest BCUT2D eigenvalue weighted by Gasteiger charge is -2.15. The zero-order valence-corrected chi connectivity index (χ0v) is 6.35. The van der Waals surface area contributed by atoms with Crippen LogP contribution in [-0.2, 0) is 4.79 Å². The highest BCUT2D eigenvalue weighted by atomic mass is 19.4. The highest BCUT2D eigenvalue weighted by molar-refractivity contribution is 5.80. The zero-order valence-electron chi connectivity index (χ0n) is 6.35. The number of nitrogens with zero attached hydrogens (tertiary/aromatic N) is 1. The molecule has 0 saturated carbocycles. The second-order valence-electron chi connectivity index (χ2n) is 2.32. The van der Waals surface area contributed by atoms with Crippen molar-refractivity contribution < 1.29 is 23.2 Å². The van der Waals surface area contributed by atoms with Crippen LogP contribution >= 0.6 is 0 Å². The second kappa shape index (κ2) is 3.57. The molecule has 70 valence electrons. The third-order valence-electron chi connectivity index (χ3n) is 0.897. The van der Waals surface area contributed by atoms with Gasteiger partial charge in [-0.3, -0.25) is 10.0 Å². The van der Waals surface area contributed by atoms with Gasteiger partial charge in [0.2, 0.25) is 0 Å². The van der Waals surface area contributed by atoms with Crippen molar-refractivity contribution in [1.82, 2.24) is 5.06 Å². The van der Waals surface area contributed by atoms with Gasteiger partial charge in [0.1, 0.15) is 0 Å². The summed E-state index contributed by atoms with van der Waals surface area (Å²) in [7, 11) is 0. The van der Waals surface area contributed by atoms with Gasteiger partial charge in [-0.1, -0.05) is 12.2 Å². The van der Waals surface area contributed by atoms with Crippen LogP contribution in [-0.4, -0.2) is 28.9 Å². The number of carbonyl (C=O) groups excluding carboxylic acids is 1. The van der Waals surface area contributed by atoms with Crippen LogP contribution in [0.25, 0.3) is 0 Å². The molecule has 0 unspecified atom stereocenters. The highest BCUT2D eigenvalue weighted by Crippen LogP contribution is 2.17. The van der Waals surface area contributed by atoms with E-state index in [1.54, 1.807) is 0 Å². The summed E-state index contributed by atoms with van der Waals surface area (Å²) in [6.07, 6.45) is -5.04. The summed E-state index contributed by atoms with van der Waals surface area (Å²) >= 11 is 0. The molecule has 3 nitrogen and oxygen atoms in total. The van der Waals surface area contributed by atoms with Crippen LogP contribution in [0, 0.1) is 0 Å². The first-order chi connectivity index (χ1) is 5.25. The molecule has 0 spiro atoms. The first-order valence-corrected chi connectivity index (χ1v) is 2.97. The molecule has 1 amide bonds. The Hall–Kier alpha value is -1.04. The van der Waals surface area contributed by atoms with Crippen molar-refractivity contribution in [1.29, 1.82) is 0 Å². The summed E-state index contributed by atoms with van der Waals surface area (Å²) in [4.78, 5) is 10.2. The van der Waals surface area contributed by atoms with Crippen LogP contribution in [0.5, 0.6) is 0 Å². The number of hydrogen-bond acceptors (Lipinski definition) is 2. The summed E-state index contributed by atoms with van der Waals surface area (Å²) in [5.74, 6) is -2.29. The summed E-state index contributed by atoms with van der Waals surface area (Å²) in [6, 6.07) is 0. The Bertz CT molecular complexity index is 199. The smallest absolute Gasteiger partial charge is 0.285 e. The van der Waals surface area contributed by atoms with E-state index in [2.05, 4.69) is 6.58 Å². The molecule has 0 aliphatic rings. The Balaban J connectivity index is 4.21. The standard InChI is InChI=1S/C6H8F3NO2/c1-4(2)3-10(12)5(11)6(7,8)9/h12H,1,3H2,2H3. The van der Waals surface area contributed by atoms with Crippen molar-refractivity contribution in [2.24, 2.45) is 0 Å². The van der Waals surface area contributed by atoms with Crippen molar-refractivity contribution in [2.45, 2.75) is 13.1 Å². The van der Waals surface area contributed by atoms with E-state index in [-0.39, 0.29) is 5.57 Å². The van der Waals surface area contributed by atoms with Crippen molar-refractivity contribution in [3.8, 4) is 0 Å².